The maximum Gasteiger partial charge on any atom is 0.371 e. The molecule has 0 radical (unpaired) electrons. The lowest BCUT2D eigenvalue weighted by atomic mass is 10.2. The Morgan fingerprint density at radius 2 is 1.59 bits per heavy atom. The first kappa shape index (κ1) is 15.1. The Morgan fingerprint density at radius 3 is 2.14 bits per heavy atom. The van der Waals surface area contributed by atoms with Crippen LogP contribution in [0.3, 0.4) is 0 Å². The van der Waals surface area contributed by atoms with E-state index in [4.69, 9.17) is 0 Å². The summed E-state index contributed by atoms with van der Waals surface area (Å²) in [5.74, 6) is -0.941. The standard InChI is InChI=1S/C13H9N3O6/c17-13(9-5-2-1-3-6-9)14(18)10-7-4-8-11(15(19)20)12(10)16(21)22/h1-8,18H. The van der Waals surface area contributed by atoms with Crippen LogP contribution in [0.15, 0.2) is 48.5 Å². The number of hydroxylamine groups is 1. The Balaban J connectivity index is 2.52. The fraction of sp³-hybridized carbons (Fsp3) is 0. The normalized spacial score (nSPS) is 10.0. The molecule has 9 nitrogen and oxygen atoms in total. The summed E-state index contributed by atoms with van der Waals surface area (Å²) < 4.78 is 0. The quantitative estimate of drug-likeness (QED) is 0.525. The Kier molecular flexibility index (Phi) is 4.09. The smallest absolute Gasteiger partial charge is 0.280 e. The summed E-state index contributed by atoms with van der Waals surface area (Å²) >= 11 is 0. The highest BCUT2D eigenvalue weighted by molar-refractivity contribution is 6.06. The third kappa shape index (κ3) is 2.74. The zero-order chi connectivity index (χ0) is 16.3. The minimum atomic E-state index is -1.02. The van der Waals surface area contributed by atoms with Crippen LogP contribution < -0.4 is 5.06 Å². The van der Waals surface area contributed by atoms with Crippen LogP contribution in [0, 0.1) is 20.2 Å². The third-order valence-corrected chi connectivity index (χ3v) is 2.81. The van der Waals surface area contributed by atoms with Crippen molar-refractivity contribution in [3.8, 4) is 0 Å². The minimum Gasteiger partial charge on any atom is -0.280 e. The number of anilines is 1. The van der Waals surface area contributed by atoms with Crippen LogP contribution in [0.5, 0.6) is 0 Å². The molecule has 2 aromatic rings. The van der Waals surface area contributed by atoms with Crippen LogP contribution in [-0.2, 0) is 0 Å². The molecular formula is C13H9N3O6. The molecule has 2 aromatic carbocycles. The number of nitrogens with zero attached hydrogens (tertiary/aromatic N) is 3. The van der Waals surface area contributed by atoms with Crippen molar-refractivity contribution in [3.63, 3.8) is 0 Å². The highest BCUT2D eigenvalue weighted by Crippen LogP contribution is 2.36. The highest BCUT2D eigenvalue weighted by atomic mass is 16.6. The maximum absolute atomic E-state index is 12.1. The second kappa shape index (κ2) is 5.97. The molecule has 9 heteroatoms. The molecule has 0 saturated heterocycles. The molecule has 0 aliphatic heterocycles. The lowest BCUT2D eigenvalue weighted by molar-refractivity contribution is -0.422. The largest absolute Gasteiger partial charge is 0.371 e. The van der Waals surface area contributed by atoms with E-state index in [9.17, 15) is 30.2 Å². The summed E-state index contributed by atoms with van der Waals surface area (Å²) in [5.41, 5.74) is -2.28. The summed E-state index contributed by atoms with van der Waals surface area (Å²) in [6, 6.07) is 10.6. The van der Waals surface area contributed by atoms with E-state index in [-0.39, 0.29) is 10.6 Å². The van der Waals surface area contributed by atoms with Gasteiger partial charge in [-0.3, -0.25) is 30.2 Å². The minimum absolute atomic E-state index is 0.0282. The van der Waals surface area contributed by atoms with Gasteiger partial charge in [-0.25, -0.2) is 0 Å². The van der Waals surface area contributed by atoms with E-state index >= 15 is 0 Å². The van der Waals surface area contributed by atoms with E-state index in [2.05, 4.69) is 0 Å². The van der Waals surface area contributed by atoms with Gasteiger partial charge in [-0.1, -0.05) is 24.3 Å². The monoisotopic (exact) mass is 303 g/mol. The van der Waals surface area contributed by atoms with Crippen LogP contribution in [-0.4, -0.2) is 21.0 Å². The van der Waals surface area contributed by atoms with Crippen molar-refractivity contribution in [2.75, 3.05) is 5.06 Å². The van der Waals surface area contributed by atoms with E-state index in [1.54, 1.807) is 18.2 Å². The molecular weight excluding hydrogens is 294 g/mol. The van der Waals surface area contributed by atoms with Crippen molar-refractivity contribution >= 4 is 23.0 Å². The number of nitro groups is 2. The van der Waals surface area contributed by atoms with Crippen LogP contribution in [0.1, 0.15) is 10.4 Å². The molecule has 0 aliphatic rings. The van der Waals surface area contributed by atoms with Gasteiger partial charge in [0, 0.05) is 11.6 Å². The summed E-state index contributed by atoms with van der Waals surface area (Å²) in [6.07, 6.45) is 0. The molecule has 22 heavy (non-hydrogen) atoms. The van der Waals surface area contributed by atoms with E-state index in [1.165, 1.54) is 12.1 Å². The van der Waals surface area contributed by atoms with E-state index < -0.39 is 32.8 Å². The molecule has 0 spiro atoms. The van der Waals surface area contributed by atoms with E-state index in [0.29, 0.717) is 0 Å². The second-order valence-electron chi connectivity index (χ2n) is 4.14. The molecule has 0 aliphatic carbocycles. The lowest BCUT2D eigenvalue weighted by Crippen LogP contribution is -2.27. The van der Waals surface area contributed by atoms with Gasteiger partial charge in [0.1, 0.15) is 0 Å². The Bertz CT molecular complexity index is 747. The zero-order valence-electron chi connectivity index (χ0n) is 10.9. The highest BCUT2D eigenvalue weighted by Gasteiger charge is 2.33. The molecule has 0 bridgehead atoms. The summed E-state index contributed by atoms with van der Waals surface area (Å²) in [5, 5.41) is 31.9. The van der Waals surface area contributed by atoms with Gasteiger partial charge in [0.15, 0.2) is 5.69 Å². The number of carbonyl (C=O) groups excluding carboxylic acids is 1. The first-order valence-corrected chi connectivity index (χ1v) is 5.93. The SMILES string of the molecule is O=C(c1ccccc1)N(O)c1cccc([N+](=O)[O-])c1[N+](=O)[O-]. The third-order valence-electron chi connectivity index (χ3n) is 2.81. The molecule has 0 unspecified atom stereocenters. The predicted molar refractivity (Wildman–Crippen MR) is 74.8 cm³/mol. The lowest BCUT2D eigenvalue weighted by Gasteiger charge is -2.14. The molecule has 0 saturated carbocycles. The number of nitro benzene ring substituents is 2. The molecule has 0 heterocycles. The van der Waals surface area contributed by atoms with Crippen LogP contribution >= 0.6 is 0 Å². The van der Waals surface area contributed by atoms with E-state index in [1.807, 2.05) is 0 Å². The molecule has 0 aromatic heterocycles. The number of carbonyl (C=O) groups is 1. The molecule has 1 amide bonds. The summed E-state index contributed by atoms with van der Waals surface area (Å²) in [4.78, 5) is 32.0. The van der Waals surface area contributed by atoms with Crippen molar-refractivity contribution in [1.29, 1.82) is 0 Å². The van der Waals surface area contributed by atoms with Crippen LogP contribution in [0.25, 0.3) is 0 Å². The number of rotatable bonds is 4. The zero-order valence-corrected chi connectivity index (χ0v) is 10.9. The van der Waals surface area contributed by atoms with Crippen molar-refractivity contribution in [1.82, 2.24) is 0 Å². The number of para-hydroxylation sites is 1. The van der Waals surface area contributed by atoms with Gasteiger partial charge in [-0.05, 0) is 18.2 Å². The number of amides is 1. The molecule has 112 valence electrons. The van der Waals surface area contributed by atoms with Crippen molar-refractivity contribution in [2.45, 2.75) is 0 Å². The Labute approximate surface area is 123 Å². The topological polar surface area (TPSA) is 127 Å². The summed E-state index contributed by atoms with van der Waals surface area (Å²) in [6.45, 7) is 0. The van der Waals surface area contributed by atoms with Crippen molar-refractivity contribution in [3.05, 3.63) is 74.3 Å². The molecule has 1 N–H and O–H groups in total. The van der Waals surface area contributed by atoms with Gasteiger partial charge >= 0.3 is 11.4 Å². The van der Waals surface area contributed by atoms with Gasteiger partial charge in [-0.15, -0.1) is 0 Å². The van der Waals surface area contributed by atoms with Gasteiger partial charge in [0.2, 0.25) is 0 Å². The van der Waals surface area contributed by atoms with Gasteiger partial charge in [0.05, 0.1) is 9.85 Å². The maximum atomic E-state index is 12.1. The van der Waals surface area contributed by atoms with Crippen molar-refractivity contribution in [2.24, 2.45) is 0 Å². The molecule has 0 atom stereocenters. The number of hydrogen-bond acceptors (Lipinski definition) is 6. The first-order chi connectivity index (χ1) is 10.4. The fourth-order valence-electron chi connectivity index (χ4n) is 1.84. The van der Waals surface area contributed by atoms with Crippen molar-refractivity contribution < 1.29 is 19.8 Å². The van der Waals surface area contributed by atoms with Crippen LogP contribution in [0.2, 0.25) is 0 Å². The van der Waals surface area contributed by atoms with Gasteiger partial charge < -0.3 is 0 Å². The average molecular weight is 303 g/mol. The average Bonchev–Trinajstić information content (AvgIpc) is 2.53. The van der Waals surface area contributed by atoms with Gasteiger partial charge in [0.25, 0.3) is 5.91 Å². The number of benzene rings is 2. The number of hydrogen-bond donors (Lipinski definition) is 1. The predicted octanol–water partition coefficient (Wildman–Crippen LogP) is 2.54. The van der Waals surface area contributed by atoms with Gasteiger partial charge in [-0.2, -0.15) is 5.06 Å². The summed E-state index contributed by atoms with van der Waals surface area (Å²) in [7, 11) is 0. The molecule has 0 fully saturated rings. The first-order valence-electron chi connectivity index (χ1n) is 5.93. The fourth-order valence-corrected chi connectivity index (χ4v) is 1.84. The second-order valence-corrected chi connectivity index (χ2v) is 4.14. The van der Waals surface area contributed by atoms with Crippen LogP contribution in [0.4, 0.5) is 17.1 Å². The molecule has 2 rings (SSSR count). The van der Waals surface area contributed by atoms with E-state index in [0.717, 1.165) is 18.2 Å². The Hall–Kier alpha value is -3.33. The Morgan fingerprint density at radius 1 is 0.955 bits per heavy atom.